The highest BCUT2D eigenvalue weighted by atomic mass is 32.2. The van der Waals surface area contributed by atoms with Crippen LogP contribution in [-0.2, 0) is 15.4 Å². The van der Waals surface area contributed by atoms with Crippen molar-refractivity contribution in [2.45, 2.75) is 39.5 Å². The van der Waals surface area contributed by atoms with Gasteiger partial charge in [-0.25, -0.2) is 13.1 Å². The molecule has 0 unspecified atom stereocenters. The molecule has 106 valence electrons. The molecule has 0 aromatic heterocycles. The number of rotatable bonds is 4. The second-order valence-corrected chi connectivity index (χ2v) is 7.42. The number of hydrogen-bond acceptors (Lipinski definition) is 3. The molecule has 19 heavy (non-hydrogen) atoms. The third kappa shape index (κ3) is 4.67. The van der Waals surface area contributed by atoms with Crippen LogP contribution in [0, 0.1) is 0 Å². The summed E-state index contributed by atoms with van der Waals surface area (Å²) >= 11 is 0. The van der Waals surface area contributed by atoms with Crippen molar-refractivity contribution in [3.8, 4) is 0 Å². The summed E-state index contributed by atoms with van der Waals surface area (Å²) in [5.41, 5.74) is 1.46. The fraction of sp³-hybridized carbons (Fsp3) is 0.500. The van der Waals surface area contributed by atoms with Crippen LogP contribution in [0.2, 0.25) is 0 Å². The van der Waals surface area contributed by atoms with E-state index in [1.165, 1.54) is 0 Å². The Kier molecular flexibility index (Phi) is 4.74. The molecule has 0 aliphatic heterocycles. The van der Waals surface area contributed by atoms with Gasteiger partial charge in [-0.3, -0.25) is 4.79 Å². The monoisotopic (exact) mass is 283 g/mol. The van der Waals surface area contributed by atoms with Gasteiger partial charge in [-0.15, -0.1) is 0 Å². The predicted molar refractivity (Wildman–Crippen MR) is 76.7 cm³/mol. The molecule has 1 aromatic carbocycles. The molecule has 1 amide bonds. The van der Waals surface area contributed by atoms with E-state index in [1.54, 1.807) is 19.1 Å². The Hall–Kier alpha value is -1.36. The van der Waals surface area contributed by atoms with Gasteiger partial charge in [0.15, 0.2) is 0 Å². The van der Waals surface area contributed by atoms with Gasteiger partial charge in [0.1, 0.15) is 0 Å². The standard InChI is InChI=1S/C14H21NO3S/c1-5-10-19(17,18)15-13(16)11-6-8-12(9-7-11)14(2,3)4/h6-9H,5,10H2,1-4H3,(H,15,16). The molecule has 1 N–H and O–H groups in total. The Morgan fingerprint density at radius 3 is 2.11 bits per heavy atom. The van der Waals surface area contributed by atoms with Crippen molar-refractivity contribution in [1.29, 1.82) is 0 Å². The molecule has 1 aromatic rings. The van der Waals surface area contributed by atoms with E-state index in [0.29, 0.717) is 12.0 Å². The Morgan fingerprint density at radius 2 is 1.68 bits per heavy atom. The lowest BCUT2D eigenvalue weighted by atomic mass is 9.87. The normalized spacial score (nSPS) is 12.2. The highest BCUT2D eigenvalue weighted by molar-refractivity contribution is 7.90. The minimum absolute atomic E-state index is 0.00327. The molecule has 0 saturated carbocycles. The first-order chi connectivity index (χ1) is 8.65. The summed E-state index contributed by atoms with van der Waals surface area (Å²) in [6.07, 6.45) is 0.478. The summed E-state index contributed by atoms with van der Waals surface area (Å²) in [5, 5.41) is 0. The highest BCUT2D eigenvalue weighted by Crippen LogP contribution is 2.22. The Labute approximate surface area is 115 Å². The molecular weight excluding hydrogens is 262 g/mol. The van der Waals surface area contributed by atoms with Gasteiger partial charge in [-0.1, -0.05) is 39.8 Å². The van der Waals surface area contributed by atoms with Gasteiger partial charge in [0, 0.05) is 5.56 Å². The van der Waals surface area contributed by atoms with Crippen LogP contribution in [0.15, 0.2) is 24.3 Å². The molecule has 0 aliphatic rings. The van der Waals surface area contributed by atoms with Crippen LogP contribution in [0.3, 0.4) is 0 Å². The van der Waals surface area contributed by atoms with Gasteiger partial charge in [-0.05, 0) is 29.5 Å². The first-order valence-electron chi connectivity index (χ1n) is 6.31. The average Bonchev–Trinajstić information content (AvgIpc) is 2.27. The van der Waals surface area contributed by atoms with Crippen LogP contribution in [0.5, 0.6) is 0 Å². The number of hydrogen-bond donors (Lipinski definition) is 1. The van der Waals surface area contributed by atoms with Crippen molar-refractivity contribution in [3.05, 3.63) is 35.4 Å². The largest absolute Gasteiger partial charge is 0.268 e. The van der Waals surface area contributed by atoms with E-state index in [2.05, 4.69) is 25.5 Å². The van der Waals surface area contributed by atoms with E-state index in [4.69, 9.17) is 0 Å². The molecule has 0 spiro atoms. The summed E-state index contributed by atoms with van der Waals surface area (Å²) in [6, 6.07) is 7.00. The van der Waals surface area contributed by atoms with Crippen LogP contribution in [-0.4, -0.2) is 20.1 Å². The molecule has 5 heteroatoms. The van der Waals surface area contributed by atoms with Gasteiger partial charge in [0.2, 0.25) is 10.0 Å². The first-order valence-corrected chi connectivity index (χ1v) is 7.96. The quantitative estimate of drug-likeness (QED) is 0.923. The highest BCUT2D eigenvalue weighted by Gasteiger charge is 2.17. The zero-order chi connectivity index (χ0) is 14.7. The van der Waals surface area contributed by atoms with Gasteiger partial charge < -0.3 is 0 Å². The van der Waals surface area contributed by atoms with Crippen molar-refractivity contribution in [3.63, 3.8) is 0 Å². The molecule has 0 aliphatic carbocycles. The smallest absolute Gasteiger partial charge is 0.264 e. The van der Waals surface area contributed by atoms with Crippen LogP contribution in [0.25, 0.3) is 0 Å². The van der Waals surface area contributed by atoms with Crippen molar-refractivity contribution in [2.75, 3.05) is 5.75 Å². The van der Waals surface area contributed by atoms with E-state index >= 15 is 0 Å². The number of benzene rings is 1. The van der Waals surface area contributed by atoms with Gasteiger partial charge >= 0.3 is 0 Å². The number of carbonyl (C=O) groups is 1. The van der Waals surface area contributed by atoms with Crippen molar-refractivity contribution < 1.29 is 13.2 Å². The molecular formula is C14H21NO3S. The van der Waals surface area contributed by atoms with E-state index < -0.39 is 15.9 Å². The Morgan fingerprint density at radius 1 is 1.16 bits per heavy atom. The maximum atomic E-state index is 11.8. The summed E-state index contributed by atoms with van der Waals surface area (Å²) in [5.74, 6) is -0.618. The molecule has 0 heterocycles. The zero-order valence-electron chi connectivity index (χ0n) is 11.9. The maximum absolute atomic E-state index is 11.8. The summed E-state index contributed by atoms with van der Waals surface area (Å²) in [7, 11) is -3.52. The van der Waals surface area contributed by atoms with E-state index in [1.807, 2.05) is 12.1 Å². The minimum atomic E-state index is -3.52. The second-order valence-electron chi connectivity index (χ2n) is 5.58. The summed E-state index contributed by atoms with van der Waals surface area (Å²) in [4.78, 5) is 11.8. The van der Waals surface area contributed by atoms with Gasteiger partial charge in [-0.2, -0.15) is 0 Å². The van der Waals surface area contributed by atoms with Crippen molar-refractivity contribution in [2.24, 2.45) is 0 Å². The molecule has 1 rings (SSSR count). The van der Waals surface area contributed by atoms with Crippen LogP contribution >= 0.6 is 0 Å². The molecule has 0 saturated heterocycles. The molecule has 0 radical (unpaired) electrons. The maximum Gasteiger partial charge on any atom is 0.264 e. The third-order valence-electron chi connectivity index (χ3n) is 2.73. The Balaban J connectivity index is 2.85. The fourth-order valence-corrected chi connectivity index (χ4v) is 2.68. The number of carbonyl (C=O) groups excluding carboxylic acids is 1. The van der Waals surface area contributed by atoms with Crippen LogP contribution in [0.4, 0.5) is 0 Å². The summed E-state index contributed by atoms with van der Waals surface area (Å²) < 4.78 is 25.1. The molecule has 0 fully saturated rings. The number of nitrogens with one attached hydrogen (secondary N) is 1. The minimum Gasteiger partial charge on any atom is -0.268 e. The van der Waals surface area contributed by atoms with Crippen molar-refractivity contribution in [1.82, 2.24) is 4.72 Å². The third-order valence-corrected chi connectivity index (χ3v) is 4.18. The lowest BCUT2D eigenvalue weighted by Crippen LogP contribution is -2.32. The van der Waals surface area contributed by atoms with Crippen molar-refractivity contribution >= 4 is 15.9 Å². The number of sulfonamides is 1. The van der Waals surface area contributed by atoms with Gasteiger partial charge in [0.25, 0.3) is 5.91 Å². The van der Waals surface area contributed by atoms with E-state index in [0.717, 1.165) is 5.56 Å². The lowest BCUT2D eigenvalue weighted by Gasteiger charge is -2.19. The van der Waals surface area contributed by atoms with Crippen LogP contribution < -0.4 is 4.72 Å². The fourth-order valence-electron chi connectivity index (χ4n) is 1.64. The first kappa shape index (κ1) is 15.7. The van der Waals surface area contributed by atoms with E-state index in [-0.39, 0.29) is 11.2 Å². The molecule has 0 bridgehead atoms. The molecule has 4 nitrogen and oxygen atoms in total. The topological polar surface area (TPSA) is 63.2 Å². The second kappa shape index (κ2) is 5.74. The predicted octanol–water partition coefficient (Wildman–Crippen LogP) is 2.45. The summed E-state index contributed by atoms with van der Waals surface area (Å²) in [6.45, 7) is 7.98. The van der Waals surface area contributed by atoms with Gasteiger partial charge in [0.05, 0.1) is 5.75 Å². The Bertz CT molecular complexity index is 539. The zero-order valence-corrected chi connectivity index (χ0v) is 12.7. The number of amides is 1. The molecule has 0 atom stereocenters. The lowest BCUT2D eigenvalue weighted by molar-refractivity contribution is 0.0981. The van der Waals surface area contributed by atoms with E-state index in [9.17, 15) is 13.2 Å². The van der Waals surface area contributed by atoms with Crippen LogP contribution in [0.1, 0.15) is 50.0 Å². The SMILES string of the molecule is CCCS(=O)(=O)NC(=O)c1ccc(C(C)(C)C)cc1. The average molecular weight is 283 g/mol.